The number of rotatable bonds is 4. The van der Waals surface area contributed by atoms with Crippen LogP contribution in [0, 0.1) is 0 Å². The molecule has 0 heterocycles. The first-order chi connectivity index (χ1) is 9.67. The molecule has 1 aliphatic rings. The van der Waals surface area contributed by atoms with Crippen LogP contribution in [0.25, 0.3) is 0 Å². The average molecular weight is 311 g/mol. The van der Waals surface area contributed by atoms with Gasteiger partial charge in [0.25, 0.3) is 0 Å². The van der Waals surface area contributed by atoms with Crippen LogP contribution >= 0.6 is 0 Å². The number of hydrogen-bond acceptors (Lipinski definition) is 3. The van der Waals surface area contributed by atoms with Crippen LogP contribution in [-0.2, 0) is 27.7 Å². The Balaban J connectivity index is 2.42. The van der Waals surface area contributed by atoms with Crippen molar-refractivity contribution in [1.29, 1.82) is 0 Å². The molecule has 2 rings (SSSR count). The Labute approximate surface area is 125 Å². The van der Waals surface area contributed by atoms with Gasteiger partial charge in [0.15, 0.2) is 0 Å². The maximum Gasteiger partial charge on any atom is 0.324 e. The molecule has 0 amide bonds. The third-order valence-corrected chi connectivity index (χ3v) is 6.32. The summed E-state index contributed by atoms with van der Waals surface area (Å²) in [6.45, 7) is 2.76. The van der Waals surface area contributed by atoms with Crippen LogP contribution in [0.3, 0.4) is 0 Å². The average Bonchev–Trinajstić information content (AvgIpc) is 2.45. The number of fused-ring (bicyclic) bond motifs is 1. The van der Waals surface area contributed by atoms with Crippen molar-refractivity contribution in [2.45, 2.75) is 50.0 Å². The fraction of sp³-hybridized carbons (Fsp3) is 0.533. The second kappa shape index (κ2) is 5.42. The first kappa shape index (κ1) is 16.0. The summed E-state index contributed by atoms with van der Waals surface area (Å²) in [6.07, 6.45) is 4.05. The second-order valence-electron chi connectivity index (χ2n) is 5.97. The third kappa shape index (κ3) is 2.82. The molecular formula is C15H21NO4S. The van der Waals surface area contributed by atoms with Gasteiger partial charge in [-0.3, -0.25) is 4.79 Å². The first-order valence-electron chi connectivity index (χ1n) is 7.01. The van der Waals surface area contributed by atoms with E-state index in [2.05, 4.69) is 0 Å². The van der Waals surface area contributed by atoms with E-state index in [1.807, 2.05) is 6.07 Å². The number of carboxylic acids is 1. The zero-order valence-corrected chi connectivity index (χ0v) is 13.4. The van der Waals surface area contributed by atoms with Crippen molar-refractivity contribution in [3.8, 4) is 0 Å². The number of sulfonamides is 1. The molecule has 0 radical (unpaired) electrons. The summed E-state index contributed by atoms with van der Waals surface area (Å²) < 4.78 is 26.2. The summed E-state index contributed by atoms with van der Waals surface area (Å²) in [5.74, 6) is -1.17. The van der Waals surface area contributed by atoms with E-state index in [9.17, 15) is 18.3 Å². The molecule has 6 heteroatoms. The van der Waals surface area contributed by atoms with Crippen LogP contribution in [-0.4, -0.2) is 36.4 Å². The molecule has 0 aromatic heterocycles. The second-order valence-corrected chi connectivity index (χ2v) is 7.94. The van der Waals surface area contributed by atoms with Gasteiger partial charge in [-0.05, 0) is 62.8 Å². The number of carbonyl (C=O) groups is 1. The number of likely N-dealkylation sites (N-methyl/N-ethyl adjacent to an activating group) is 1. The molecule has 1 N–H and O–H groups in total. The fourth-order valence-corrected chi connectivity index (χ4v) is 3.99. The van der Waals surface area contributed by atoms with Crippen LogP contribution in [0.15, 0.2) is 23.1 Å². The van der Waals surface area contributed by atoms with Gasteiger partial charge in [-0.2, -0.15) is 4.31 Å². The lowest BCUT2D eigenvalue weighted by Gasteiger charge is -2.30. The smallest absolute Gasteiger partial charge is 0.324 e. The zero-order valence-electron chi connectivity index (χ0n) is 12.6. The highest BCUT2D eigenvalue weighted by atomic mass is 32.2. The van der Waals surface area contributed by atoms with E-state index in [4.69, 9.17) is 0 Å². The molecule has 21 heavy (non-hydrogen) atoms. The Morgan fingerprint density at radius 2 is 1.76 bits per heavy atom. The van der Waals surface area contributed by atoms with Gasteiger partial charge in [-0.1, -0.05) is 6.07 Å². The summed E-state index contributed by atoms with van der Waals surface area (Å²) in [6, 6.07) is 5.12. The summed E-state index contributed by atoms with van der Waals surface area (Å²) in [7, 11) is -2.51. The van der Waals surface area contributed by atoms with Crippen molar-refractivity contribution in [3.63, 3.8) is 0 Å². The highest BCUT2D eigenvalue weighted by molar-refractivity contribution is 7.89. The summed E-state index contributed by atoms with van der Waals surface area (Å²) in [4.78, 5) is 11.4. The number of aliphatic carboxylic acids is 1. The summed E-state index contributed by atoms with van der Waals surface area (Å²) >= 11 is 0. The predicted molar refractivity (Wildman–Crippen MR) is 79.7 cm³/mol. The number of nitrogens with zero attached hydrogens (tertiary/aromatic N) is 1. The molecule has 0 bridgehead atoms. The molecule has 0 spiro atoms. The van der Waals surface area contributed by atoms with Crippen molar-refractivity contribution in [1.82, 2.24) is 4.31 Å². The number of hydrogen-bond donors (Lipinski definition) is 1. The van der Waals surface area contributed by atoms with E-state index < -0.39 is 21.5 Å². The van der Waals surface area contributed by atoms with E-state index in [1.165, 1.54) is 26.5 Å². The topological polar surface area (TPSA) is 74.7 Å². The van der Waals surface area contributed by atoms with E-state index in [0.29, 0.717) is 0 Å². The normalized spacial score (nSPS) is 15.8. The maximum atomic E-state index is 12.6. The van der Waals surface area contributed by atoms with Gasteiger partial charge in [-0.25, -0.2) is 8.42 Å². The predicted octanol–water partition coefficient (Wildman–Crippen LogP) is 2.05. The van der Waals surface area contributed by atoms with E-state index in [1.54, 1.807) is 12.1 Å². The van der Waals surface area contributed by atoms with Crippen LogP contribution in [0.2, 0.25) is 0 Å². The lowest BCUT2D eigenvalue weighted by Crippen LogP contribution is -2.50. The maximum absolute atomic E-state index is 12.6. The van der Waals surface area contributed by atoms with Gasteiger partial charge in [0.1, 0.15) is 5.54 Å². The van der Waals surface area contributed by atoms with E-state index in [0.717, 1.165) is 35.6 Å². The van der Waals surface area contributed by atoms with Crippen LogP contribution in [0.4, 0.5) is 0 Å². The summed E-state index contributed by atoms with van der Waals surface area (Å²) in [5, 5.41) is 9.21. The quantitative estimate of drug-likeness (QED) is 0.923. The molecule has 1 aromatic carbocycles. The molecule has 0 unspecified atom stereocenters. The third-order valence-electron chi connectivity index (χ3n) is 4.29. The highest BCUT2D eigenvalue weighted by Gasteiger charge is 2.40. The largest absolute Gasteiger partial charge is 0.480 e. The van der Waals surface area contributed by atoms with Gasteiger partial charge in [0.05, 0.1) is 4.90 Å². The monoisotopic (exact) mass is 311 g/mol. The van der Waals surface area contributed by atoms with Gasteiger partial charge in [0, 0.05) is 7.05 Å². The summed E-state index contributed by atoms with van der Waals surface area (Å²) in [5.41, 5.74) is 0.763. The van der Waals surface area contributed by atoms with Gasteiger partial charge >= 0.3 is 5.97 Å². The van der Waals surface area contributed by atoms with Gasteiger partial charge in [0.2, 0.25) is 10.0 Å². The SMILES string of the molecule is CN(C(C)(C)C(=O)O)S(=O)(=O)c1ccc2c(c1)CCCC2. The lowest BCUT2D eigenvalue weighted by atomic mass is 9.92. The first-order valence-corrected chi connectivity index (χ1v) is 8.45. The molecule has 1 aliphatic carbocycles. The number of carboxylic acid groups (broad SMARTS) is 1. The molecule has 0 aliphatic heterocycles. The molecule has 116 valence electrons. The Bertz CT molecular complexity index is 664. The Morgan fingerprint density at radius 1 is 1.19 bits per heavy atom. The fourth-order valence-electron chi connectivity index (χ4n) is 2.46. The van der Waals surface area contributed by atoms with Crippen molar-refractivity contribution in [3.05, 3.63) is 29.3 Å². The van der Waals surface area contributed by atoms with Crippen LogP contribution < -0.4 is 0 Å². The molecular weight excluding hydrogens is 290 g/mol. The molecule has 0 saturated heterocycles. The van der Waals surface area contributed by atoms with Crippen molar-refractivity contribution >= 4 is 16.0 Å². The van der Waals surface area contributed by atoms with Crippen molar-refractivity contribution in [2.75, 3.05) is 7.05 Å². The minimum atomic E-state index is -3.82. The highest BCUT2D eigenvalue weighted by Crippen LogP contribution is 2.28. The van der Waals surface area contributed by atoms with Gasteiger partial charge < -0.3 is 5.11 Å². The molecule has 0 fully saturated rings. The standard InChI is InChI=1S/C15H21NO4S/c1-15(2,14(17)18)16(3)21(19,20)13-9-8-11-6-4-5-7-12(11)10-13/h8-10H,4-7H2,1-3H3,(H,17,18). The lowest BCUT2D eigenvalue weighted by molar-refractivity contribution is -0.145. The Kier molecular flexibility index (Phi) is 4.13. The van der Waals surface area contributed by atoms with E-state index in [-0.39, 0.29) is 4.90 Å². The van der Waals surface area contributed by atoms with Crippen molar-refractivity contribution in [2.24, 2.45) is 0 Å². The molecule has 0 saturated carbocycles. The van der Waals surface area contributed by atoms with Crippen LogP contribution in [0.1, 0.15) is 37.8 Å². The minimum absolute atomic E-state index is 0.167. The molecule has 1 aromatic rings. The Hall–Kier alpha value is -1.40. The molecule has 0 atom stereocenters. The number of aryl methyl sites for hydroxylation is 2. The van der Waals surface area contributed by atoms with E-state index >= 15 is 0 Å². The minimum Gasteiger partial charge on any atom is -0.480 e. The van der Waals surface area contributed by atoms with Crippen molar-refractivity contribution < 1.29 is 18.3 Å². The number of benzene rings is 1. The van der Waals surface area contributed by atoms with Crippen LogP contribution in [0.5, 0.6) is 0 Å². The van der Waals surface area contributed by atoms with Gasteiger partial charge in [-0.15, -0.1) is 0 Å². The molecule has 5 nitrogen and oxygen atoms in total. The Morgan fingerprint density at radius 3 is 2.33 bits per heavy atom. The zero-order chi connectivity index (χ0) is 15.8.